The molecule has 1 saturated heterocycles. The van der Waals surface area contributed by atoms with Gasteiger partial charge in [-0.25, -0.2) is 9.97 Å². The molecule has 0 spiro atoms. The lowest BCUT2D eigenvalue weighted by molar-refractivity contribution is 0.0724. The van der Waals surface area contributed by atoms with Gasteiger partial charge in [0.05, 0.1) is 15.7 Å². The van der Waals surface area contributed by atoms with Gasteiger partial charge in [0.1, 0.15) is 5.82 Å². The second kappa shape index (κ2) is 8.69. The number of carbonyl (C=O) groups excluding carboxylic acids is 1. The molecule has 1 amide bonds. The standard InChI is InChI=1S/C23H22N6OS/c30-22(29-11-2-1-3-12-29)16-5-4-6-17(13-16)27-23-24-10-9-21(28-23)26-18-7-8-19-20(14-18)31-15-25-19/h4-10,13-15H,1-3,11-12H2,(H2,24,26,27,28). The van der Waals surface area contributed by atoms with Gasteiger partial charge in [0.15, 0.2) is 0 Å². The highest BCUT2D eigenvalue weighted by Crippen LogP contribution is 2.24. The molecule has 2 aromatic heterocycles. The maximum Gasteiger partial charge on any atom is 0.253 e. The van der Waals surface area contributed by atoms with E-state index in [4.69, 9.17) is 0 Å². The molecule has 156 valence electrons. The summed E-state index contributed by atoms with van der Waals surface area (Å²) in [6, 6.07) is 15.3. The van der Waals surface area contributed by atoms with Crippen molar-refractivity contribution in [2.45, 2.75) is 19.3 Å². The van der Waals surface area contributed by atoms with Crippen molar-refractivity contribution < 1.29 is 4.79 Å². The van der Waals surface area contributed by atoms with Crippen LogP contribution in [0.4, 0.5) is 23.1 Å². The Hall–Kier alpha value is -3.52. The summed E-state index contributed by atoms with van der Waals surface area (Å²) in [5.41, 5.74) is 5.23. The Morgan fingerprint density at radius 1 is 0.935 bits per heavy atom. The highest BCUT2D eigenvalue weighted by atomic mass is 32.1. The fraction of sp³-hybridized carbons (Fsp3) is 0.217. The van der Waals surface area contributed by atoms with Crippen LogP contribution in [-0.2, 0) is 0 Å². The van der Waals surface area contributed by atoms with E-state index in [0.717, 1.165) is 47.5 Å². The fourth-order valence-corrected chi connectivity index (χ4v) is 4.42. The predicted octanol–water partition coefficient (Wildman–Crippen LogP) is 5.20. The van der Waals surface area contributed by atoms with E-state index in [9.17, 15) is 4.79 Å². The van der Waals surface area contributed by atoms with Crippen LogP contribution in [0, 0.1) is 0 Å². The number of anilines is 4. The number of aromatic nitrogens is 3. The molecule has 1 aliphatic heterocycles. The number of piperidine rings is 1. The molecule has 0 bridgehead atoms. The maximum absolute atomic E-state index is 12.8. The number of likely N-dealkylation sites (tertiary alicyclic amines) is 1. The van der Waals surface area contributed by atoms with Crippen molar-refractivity contribution >= 4 is 50.6 Å². The van der Waals surface area contributed by atoms with Crippen molar-refractivity contribution in [2.75, 3.05) is 23.7 Å². The zero-order chi connectivity index (χ0) is 21.0. The van der Waals surface area contributed by atoms with Crippen LogP contribution in [0.15, 0.2) is 60.2 Å². The molecule has 0 atom stereocenters. The molecule has 0 saturated carbocycles. The number of thiazole rings is 1. The Morgan fingerprint density at radius 2 is 1.81 bits per heavy atom. The van der Waals surface area contributed by atoms with Gasteiger partial charge < -0.3 is 15.5 Å². The third-order valence-corrected chi connectivity index (χ3v) is 6.06. The summed E-state index contributed by atoms with van der Waals surface area (Å²) < 4.78 is 1.12. The summed E-state index contributed by atoms with van der Waals surface area (Å²) in [6.45, 7) is 1.67. The number of rotatable bonds is 5. The topological polar surface area (TPSA) is 83.0 Å². The summed E-state index contributed by atoms with van der Waals surface area (Å²) in [5, 5.41) is 6.52. The predicted molar refractivity (Wildman–Crippen MR) is 124 cm³/mol. The third-order valence-electron chi connectivity index (χ3n) is 5.27. The van der Waals surface area contributed by atoms with Gasteiger partial charge in [-0.1, -0.05) is 6.07 Å². The van der Waals surface area contributed by atoms with Gasteiger partial charge in [-0.3, -0.25) is 4.79 Å². The number of benzene rings is 2. The number of hydrogen-bond donors (Lipinski definition) is 2. The maximum atomic E-state index is 12.8. The van der Waals surface area contributed by atoms with Gasteiger partial charge in [0, 0.05) is 36.2 Å². The summed E-state index contributed by atoms with van der Waals surface area (Å²) in [6.07, 6.45) is 5.05. The lowest BCUT2D eigenvalue weighted by Crippen LogP contribution is -2.35. The minimum Gasteiger partial charge on any atom is -0.340 e. The van der Waals surface area contributed by atoms with E-state index >= 15 is 0 Å². The van der Waals surface area contributed by atoms with Crippen LogP contribution in [-0.4, -0.2) is 38.8 Å². The van der Waals surface area contributed by atoms with Gasteiger partial charge in [-0.2, -0.15) is 4.98 Å². The average molecular weight is 431 g/mol. The van der Waals surface area contributed by atoms with Crippen LogP contribution < -0.4 is 10.6 Å². The van der Waals surface area contributed by atoms with Crippen molar-refractivity contribution in [3.8, 4) is 0 Å². The molecule has 0 unspecified atom stereocenters. The van der Waals surface area contributed by atoms with E-state index in [1.165, 1.54) is 6.42 Å². The lowest BCUT2D eigenvalue weighted by atomic mass is 10.1. The monoisotopic (exact) mass is 430 g/mol. The Kier molecular flexibility index (Phi) is 5.45. The van der Waals surface area contributed by atoms with Crippen LogP contribution in [0.2, 0.25) is 0 Å². The van der Waals surface area contributed by atoms with Crippen LogP contribution >= 0.6 is 11.3 Å². The normalized spacial score (nSPS) is 13.9. The third kappa shape index (κ3) is 4.49. The molecule has 3 heterocycles. The van der Waals surface area contributed by atoms with E-state index in [0.29, 0.717) is 17.3 Å². The summed E-state index contributed by atoms with van der Waals surface area (Å²) in [5.74, 6) is 1.23. The summed E-state index contributed by atoms with van der Waals surface area (Å²) in [4.78, 5) is 27.9. The average Bonchev–Trinajstić information content (AvgIpc) is 3.28. The van der Waals surface area contributed by atoms with Crippen LogP contribution in [0.25, 0.3) is 10.2 Å². The van der Waals surface area contributed by atoms with Crippen LogP contribution in [0.3, 0.4) is 0 Å². The highest BCUT2D eigenvalue weighted by molar-refractivity contribution is 7.16. The molecule has 4 aromatic rings. The van der Waals surface area contributed by atoms with Crippen molar-refractivity contribution in [3.05, 3.63) is 65.8 Å². The molecule has 2 aromatic carbocycles. The van der Waals surface area contributed by atoms with Gasteiger partial charge in [-0.05, 0) is 61.7 Å². The molecular formula is C23H22N6OS. The molecule has 0 aliphatic carbocycles. The smallest absolute Gasteiger partial charge is 0.253 e. The first-order chi connectivity index (χ1) is 15.2. The Balaban J connectivity index is 1.30. The number of amides is 1. The SMILES string of the molecule is O=C(c1cccc(Nc2nccc(Nc3ccc4ncsc4c3)n2)c1)N1CCCCC1. The first kappa shape index (κ1) is 19.4. The largest absolute Gasteiger partial charge is 0.340 e. The van der Waals surface area contributed by atoms with E-state index in [1.807, 2.05) is 52.9 Å². The highest BCUT2D eigenvalue weighted by Gasteiger charge is 2.18. The summed E-state index contributed by atoms with van der Waals surface area (Å²) >= 11 is 1.60. The fourth-order valence-electron chi connectivity index (χ4n) is 3.71. The zero-order valence-electron chi connectivity index (χ0n) is 16.9. The molecule has 2 N–H and O–H groups in total. The van der Waals surface area contributed by atoms with Crippen LogP contribution in [0.1, 0.15) is 29.6 Å². The van der Waals surface area contributed by atoms with Crippen molar-refractivity contribution in [1.82, 2.24) is 19.9 Å². The number of hydrogen-bond acceptors (Lipinski definition) is 7. The molecule has 0 radical (unpaired) electrons. The van der Waals surface area contributed by atoms with Crippen LogP contribution in [0.5, 0.6) is 0 Å². The number of carbonyl (C=O) groups is 1. The van der Waals surface area contributed by atoms with Crippen molar-refractivity contribution in [2.24, 2.45) is 0 Å². The van der Waals surface area contributed by atoms with Gasteiger partial charge >= 0.3 is 0 Å². The molecule has 1 fully saturated rings. The zero-order valence-corrected chi connectivity index (χ0v) is 17.7. The second-order valence-electron chi connectivity index (χ2n) is 7.48. The number of nitrogens with one attached hydrogen (secondary N) is 2. The first-order valence-corrected chi connectivity index (χ1v) is 11.2. The van der Waals surface area contributed by atoms with E-state index in [1.54, 1.807) is 17.5 Å². The van der Waals surface area contributed by atoms with Gasteiger partial charge in [-0.15, -0.1) is 11.3 Å². The van der Waals surface area contributed by atoms with E-state index in [-0.39, 0.29) is 5.91 Å². The van der Waals surface area contributed by atoms with E-state index in [2.05, 4.69) is 31.7 Å². The van der Waals surface area contributed by atoms with E-state index < -0.39 is 0 Å². The molecule has 7 nitrogen and oxygen atoms in total. The first-order valence-electron chi connectivity index (χ1n) is 10.3. The van der Waals surface area contributed by atoms with Crippen molar-refractivity contribution in [1.29, 1.82) is 0 Å². The number of nitrogens with zero attached hydrogens (tertiary/aromatic N) is 4. The molecule has 1 aliphatic rings. The quantitative estimate of drug-likeness (QED) is 0.453. The summed E-state index contributed by atoms with van der Waals surface area (Å²) in [7, 11) is 0. The molecule has 8 heteroatoms. The minimum atomic E-state index is 0.0816. The molecule has 31 heavy (non-hydrogen) atoms. The number of fused-ring (bicyclic) bond motifs is 1. The second-order valence-corrected chi connectivity index (χ2v) is 8.37. The minimum absolute atomic E-state index is 0.0816. The van der Waals surface area contributed by atoms with Gasteiger partial charge in [0.2, 0.25) is 5.95 Å². The Labute approximate surface area is 184 Å². The van der Waals surface area contributed by atoms with Crippen molar-refractivity contribution in [3.63, 3.8) is 0 Å². The Bertz CT molecular complexity index is 1220. The molecular weight excluding hydrogens is 408 g/mol. The molecule has 5 rings (SSSR count). The Morgan fingerprint density at radius 3 is 2.71 bits per heavy atom. The lowest BCUT2D eigenvalue weighted by Gasteiger charge is -2.26. The van der Waals surface area contributed by atoms with Gasteiger partial charge in [0.25, 0.3) is 5.91 Å².